The molecule has 0 aromatic heterocycles. The number of piperidine rings is 1. The molecule has 137 valence electrons. The van der Waals surface area contributed by atoms with Gasteiger partial charge in [0, 0.05) is 25.4 Å². The van der Waals surface area contributed by atoms with Gasteiger partial charge in [-0.25, -0.2) is 0 Å². The van der Waals surface area contributed by atoms with Crippen molar-refractivity contribution >= 4 is 5.91 Å². The Kier molecular flexibility index (Phi) is 6.88. The van der Waals surface area contributed by atoms with Crippen molar-refractivity contribution in [2.45, 2.75) is 44.9 Å². The molecule has 1 aliphatic rings. The highest BCUT2D eigenvalue weighted by Gasteiger charge is 2.25. The van der Waals surface area contributed by atoms with Crippen LogP contribution in [0.25, 0.3) is 0 Å². The standard InChI is InChI=1S/C24H30NO/c1-2-3-10-20-15-17-25(18-16-20)24(26)19-23(21-11-6-4-7-12-21)22-13-8-5-9-14-22/h4-14,20,23H,2-3,15-19H2,1H3. The molecular formula is C24H30NO. The minimum Gasteiger partial charge on any atom is -0.343 e. The molecule has 2 heteroatoms. The van der Waals surface area contributed by atoms with Crippen molar-refractivity contribution in [1.82, 2.24) is 4.90 Å². The van der Waals surface area contributed by atoms with E-state index in [9.17, 15) is 4.79 Å². The predicted molar refractivity (Wildman–Crippen MR) is 108 cm³/mol. The third-order valence-corrected chi connectivity index (χ3v) is 5.46. The Morgan fingerprint density at radius 3 is 2.04 bits per heavy atom. The maximum absolute atomic E-state index is 13.0. The summed E-state index contributed by atoms with van der Waals surface area (Å²) in [5.41, 5.74) is 2.44. The predicted octanol–water partition coefficient (Wildman–Crippen LogP) is 5.45. The quantitative estimate of drug-likeness (QED) is 0.651. The van der Waals surface area contributed by atoms with E-state index in [-0.39, 0.29) is 11.8 Å². The van der Waals surface area contributed by atoms with Gasteiger partial charge in [0.05, 0.1) is 0 Å². The summed E-state index contributed by atoms with van der Waals surface area (Å²) in [7, 11) is 0. The molecule has 1 radical (unpaired) electrons. The van der Waals surface area contributed by atoms with E-state index in [4.69, 9.17) is 0 Å². The van der Waals surface area contributed by atoms with Gasteiger partial charge in [0.15, 0.2) is 0 Å². The van der Waals surface area contributed by atoms with Gasteiger partial charge in [0.2, 0.25) is 5.91 Å². The van der Waals surface area contributed by atoms with E-state index in [1.54, 1.807) is 0 Å². The first-order valence-electron chi connectivity index (χ1n) is 9.99. The van der Waals surface area contributed by atoms with E-state index in [1.807, 2.05) is 12.1 Å². The van der Waals surface area contributed by atoms with Crippen LogP contribution in [0.3, 0.4) is 0 Å². The van der Waals surface area contributed by atoms with E-state index in [0.717, 1.165) is 25.9 Å². The highest BCUT2D eigenvalue weighted by atomic mass is 16.2. The topological polar surface area (TPSA) is 20.3 Å². The number of hydrogen-bond donors (Lipinski definition) is 0. The lowest BCUT2D eigenvalue weighted by Crippen LogP contribution is -2.39. The van der Waals surface area contributed by atoms with Crippen LogP contribution in [0.15, 0.2) is 60.7 Å². The van der Waals surface area contributed by atoms with Gasteiger partial charge in [0.25, 0.3) is 0 Å². The van der Waals surface area contributed by atoms with Crippen LogP contribution in [0.1, 0.15) is 56.1 Å². The van der Waals surface area contributed by atoms with E-state index < -0.39 is 0 Å². The molecule has 0 unspecified atom stereocenters. The molecule has 26 heavy (non-hydrogen) atoms. The van der Waals surface area contributed by atoms with Crippen molar-refractivity contribution in [3.8, 4) is 0 Å². The third-order valence-electron chi connectivity index (χ3n) is 5.46. The van der Waals surface area contributed by atoms with Crippen LogP contribution >= 0.6 is 0 Å². The summed E-state index contributed by atoms with van der Waals surface area (Å²) in [4.78, 5) is 15.1. The van der Waals surface area contributed by atoms with Gasteiger partial charge in [-0.15, -0.1) is 0 Å². The van der Waals surface area contributed by atoms with Gasteiger partial charge in [-0.1, -0.05) is 80.4 Å². The average molecular weight is 349 g/mol. The molecule has 0 N–H and O–H groups in total. The second kappa shape index (κ2) is 9.56. The maximum atomic E-state index is 13.0. The number of hydrogen-bond acceptors (Lipinski definition) is 1. The van der Waals surface area contributed by atoms with Crippen molar-refractivity contribution in [3.05, 3.63) is 78.2 Å². The van der Waals surface area contributed by atoms with E-state index >= 15 is 0 Å². The van der Waals surface area contributed by atoms with Crippen molar-refractivity contribution in [2.75, 3.05) is 13.1 Å². The molecule has 0 bridgehead atoms. The van der Waals surface area contributed by atoms with Crippen molar-refractivity contribution < 1.29 is 4.79 Å². The fourth-order valence-electron chi connectivity index (χ4n) is 3.89. The van der Waals surface area contributed by atoms with Crippen molar-refractivity contribution in [3.63, 3.8) is 0 Å². The summed E-state index contributed by atoms with van der Waals surface area (Å²) < 4.78 is 0. The average Bonchev–Trinajstić information content (AvgIpc) is 2.72. The van der Waals surface area contributed by atoms with Crippen LogP contribution in [0.2, 0.25) is 0 Å². The highest BCUT2D eigenvalue weighted by Crippen LogP contribution is 2.30. The number of nitrogens with zero attached hydrogens (tertiary/aromatic N) is 1. The summed E-state index contributed by atoms with van der Waals surface area (Å²) in [5, 5.41) is 0. The number of carbonyl (C=O) groups is 1. The van der Waals surface area contributed by atoms with Crippen LogP contribution in [0.4, 0.5) is 0 Å². The molecule has 0 aliphatic carbocycles. The number of unbranched alkanes of at least 4 members (excludes halogenated alkanes) is 1. The Balaban J connectivity index is 1.65. The van der Waals surface area contributed by atoms with Gasteiger partial charge in [0.1, 0.15) is 0 Å². The summed E-state index contributed by atoms with van der Waals surface area (Å²) in [6, 6.07) is 20.8. The Labute approximate surface area is 158 Å². The Hall–Kier alpha value is -2.09. The van der Waals surface area contributed by atoms with Crippen molar-refractivity contribution in [2.24, 2.45) is 5.92 Å². The SMILES string of the molecule is CCC[CH]C1CCN(C(=O)CC(c2ccccc2)c2ccccc2)CC1. The van der Waals surface area contributed by atoms with E-state index in [2.05, 4.69) is 66.8 Å². The van der Waals surface area contributed by atoms with Gasteiger partial charge in [-0.3, -0.25) is 4.79 Å². The monoisotopic (exact) mass is 348 g/mol. The smallest absolute Gasteiger partial charge is 0.223 e. The number of benzene rings is 2. The molecule has 2 aromatic rings. The van der Waals surface area contributed by atoms with E-state index in [1.165, 1.54) is 24.0 Å². The third kappa shape index (κ3) is 4.97. The molecule has 1 amide bonds. The lowest BCUT2D eigenvalue weighted by atomic mass is 9.87. The van der Waals surface area contributed by atoms with Gasteiger partial charge >= 0.3 is 0 Å². The summed E-state index contributed by atoms with van der Waals surface area (Å²) in [6.07, 6.45) is 7.66. The minimum absolute atomic E-state index is 0.134. The van der Waals surface area contributed by atoms with Gasteiger partial charge < -0.3 is 4.90 Å². The molecule has 2 nitrogen and oxygen atoms in total. The van der Waals surface area contributed by atoms with Crippen LogP contribution in [-0.2, 0) is 4.79 Å². The summed E-state index contributed by atoms with van der Waals surface area (Å²) in [5.74, 6) is 1.11. The fraction of sp³-hybridized carbons (Fsp3) is 0.417. The van der Waals surface area contributed by atoms with Gasteiger partial charge in [-0.2, -0.15) is 0 Å². The summed E-state index contributed by atoms with van der Waals surface area (Å²) in [6.45, 7) is 4.03. The van der Waals surface area contributed by atoms with Crippen LogP contribution in [-0.4, -0.2) is 23.9 Å². The molecule has 0 saturated carbocycles. The molecule has 3 rings (SSSR count). The second-order valence-electron chi connectivity index (χ2n) is 7.32. The normalized spacial score (nSPS) is 15.4. The Morgan fingerprint density at radius 1 is 1.00 bits per heavy atom. The number of carbonyl (C=O) groups excluding carboxylic acids is 1. The summed E-state index contributed by atoms with van der Waals surface area (Å²) >= 11 is 0. The first-order chi connectivity index (χ1) is 12.8. The van der Waals surface area contributed by atoms with Crippen LogP contribution in [0.5, 0.6) is 0 Å². The Bertz CT molecular complexity index is 620. The largest absolute Gasteiger partial charge is 0.343 e. The number of likely N-dealkylation sites (tertiary alicyclic amines) is 1. The molecule has 1 fully saturated rings. The maximum Gasteiger partial charge on any atom is 0.223 e. The molecule has 1 saturated heterocycles. The van der Waals surface area contributed by atoms with Gasteiger partial charge in [-0.05, 0) is 36.3 Å². The molecule has 2 aromatic carbocycles. The number of rotatable bonds is 7. The lowest BCUT2D eigenvalue weighted by Gasteiger charge is -2.33. The second-order valence-corrected chi connectivity index (χ2v) is 7.32. The molecule has 1 aliphatic heterocycles. The fourth-order valence-corrected chi connectivity index (χ4v) is 3.89. The van der Waals surface area contributed by atoms with Crippen LogP contribution < -0.4 is 0 Å². The zero-order chi connectivity index (χ0) is 18.2. The highest BCUT2D eigenvalue weighted by molar-refractivity contribution is 5.78. The molecular weight excluding hydrogens is 318 g/mol. The zero-order valence-electron chi connectivity index (χ0n) is 15.8. The first kappa shape index (κ1) is 18.7. The van der Waals surface area contributed by atoms with Crippen LogP contribution in [0, 0.1) is 12.3 Å². The Morgan fingerprint density at radius 2 is 1.54 bits per heavy atom. The first-order valence-corrected chi connectivity index (χ1v) is 9.99. The molecule has 0 spiro atoms. The molecule has 0 atom stereocenters. The van der Waals surface area contributed by atoms with E-state index in [0.29, 0.717) is 12.3 Å². The number of amides is 1. The van der Waals surface area contributed by atoms with Crippen molar-refractivity contribution in [1.29, 1.82) is 0 Å². The lowest BCUT2D eigenvalue weighted by molar-refractivity contribution is -0.132. The minimum atomic E-state index is 0.134. The zero-order valence-corrected chi connectivity index (χ0v) is 15.8. The molecule has 1 heterocycles.